The molecular weight excluding hydrogens is 256 g/mol. The van der Waals surface area contributed by atoms with E-state index < -0.39 is 5.60 Å². The van der Waals surface area contributed by atoms with Crippen molar-refractivity contribution in [2.45, 2.75) is 25.4 Å². The van der Waals surface area contributed by atoms with Gasteiger partial charge in [-0.1, -0.05) is 12.1 Å². The van der Waals surface area contributed by atoms with Crippen LogP contribution in [0.2, 0.25) is 0 Å². The molecule has 0 aromatic heterocycles. The molecule has 0 radical (unpaired) electrons. The van der Waals surface area contributed by atoms with E-state index in [1.165, 1.54) is 7.11 Å². The summed E-state index contributed by atoms with van der Waals surface area (Å²) in [5.41, 5.74) is -0.0543. The summed E-state index contributed by atoms with van der Waals surface area (Å²) in [4.78, 5) is 12.2. The molecule has 2 aromatic carbocycles. The number of hydrogen-bond donors (Lipinski definition) is 2. The molecule has 1 aliphatic rings. The molecule has 0 saturated heterocycles. The van der Waals surface area contributed by atoms with Crippen LogP contribution in [-0.2, 0) is 6.42 Å². The first-order valence-corrected chi connectivity index (χ1v) is 6.50. The Morgan fingerprint density at radius 3 is 2.75 bits per heavy atom. The molecule has 2 N–H and O–H groups in total. The van der Waals surface area contributed by atoms with Gasteiger partial charge in [-0.2, -0.15) is 0 Å². The molecule has 1 aliphatic carbocycles. The van der Waals surface area contributed by atoms with E-state index in [1.807, 2.05) is 18.2 Å². The smallest absolute Gasteiger partial charge is 0.169 e. The third kappa shape index (κ3) is 1.84. The van der Waals surface area contributed by atoms with Crippen LogP contribution in [0.1, 0.15) is 29.3 Å². The number of carbonyl (C=O) groups excluding carboxylic acids is 1. The molecule has 4 heteroatoms. The van der Waals surface area contributed by atoms with Crippen molar-refractivity contribution in [3.8, 4) is 11.5 Å². The van der Waals surface area contributed by atoms with Gasteiger partial charge in [0, 0.05) is 12.8 Å². The molecule has 0 saturated carbocycles. The van der Waals surface area contributed by atoms with Gasteiger partial charge < -0.3 is 14.9 Å². The van der Waals surface area contributed by atoms with Crippen LogP contribution in [0.5, 0.6) is 11.5 Å². The van der Waals surface area contributed by atoms with E-state index >= 15 is 0 Å². The maximum atomic E-state index is 12.2. The Labute approximate surface area is 116 Å². The van der Waals surface area contributed by atoms with E-state index in [-0.39, 0.29) is 18.0 Å². The molecule has 3 rings (SSSR count). The number of aliphatic hydroxyl groups is 1. The maximum absolute atomic E-state index is 12.2. The van der Waals surface area contributed by atoms with Gasteiger partial charge in [-0.3, -0.25) is 4.79 Å². The highest BCUT2D eigenvalue weighted by atomic mass is 16.5. The Kier molecular flexibility index (Phi) is 2.73. The fraction of sp³-hybridized carbons (Fsp3) is 0.312. The van der Waals surface area contributed by atoms with Gasteiger partial charge in [-0.05, 0) is 30.0 Å². The second-order valence-corrected chi connectivity index (χ2v) is 5.59. The third-order valence-corrected chi connectivity index (χ3v) is 3.79. The molecule has 0 amide bonds. The zero-order valence-corrected chi connectivity index (χ0v) is 11.4. The largest absolute Gasteiger partial charge is 0.506 e. The second kappa shape index (κ2) is 4.21. The molecule has 0 unspecified atom stereocenters. The summed E-state index contributed by atoms with van der Waals surface area (Å²) in [6, 6.07) is 7.28. The summed E-state index contributed by atoms with van der Waals surface area (Å²) in [7, 11) is 1.53. The van der Waals surface area contributed by atoms with Gasteiger partial charge in [0.1, 0.15) is 11.5 Å². The van der Waals surface area contributed by atoms with E-state index in [2.05, 4.69) is 0 Å². The van der Waals surface area contributed by atoms with Crippen LogP contribution in [0.25, 0.3) is 10.8 Å². The number of methoxy groups -OCH3 is 1. The number of carbonyl (C=O) groups is 1. The van der Waals surface area contributed by atoms with Crippen LogP contribution in [0.15, 0.2) is 24.3 Å². The van der Waals surface area contributed by atoms with E-state index in [4.69, 9.17) is 4.74 Å². The van der Waals surface area contributed by atoms with Crippen LogP contribution in [0.4, 0.5) is 0 Å². The first kappa shape index (κ1) is 12.9. The monoisotopic (exact) mass is 272 g/mol. The van der Waals surface area contributed by atoms with Gasteiger partial charge >= 0.3 is 0 Å². The molecule has 1 atom stereocenters. The molecule has 0 heterocycles. The Bertz CT molecular complexity index is 716. The second-order valence-electron chi connectivity index (χ2n) is 5.59. The van der Waals surface area contributed by atoms with E-state index in [9.17, 15) is 15.0 Å². The van der Waals surface area contributed by atoms with Crippen molar-refractivity contribution in [3.05, 3.63) is 35.4 Å². The van der Waals surface area contributed by atoms with Crippen molar-refractivity contribution < 1.29 is 19.7 Å². The number of fused-ring (bicyclic) bond motifs is 2. The Balaban J connectivity index is 2.35. The SMILES string of the molecule is COc1cccc2cc3c(c(O)c12)C(=O)C[C@](C)(O)C3. The average Bonchev–Trinajstić information content (AvgIpc) is 2.35. The van der Waals surface area contributed by atoms with Gasteiger partial charge in [-0.25, -0.2) is 0 Å². The lowest BCUT2D eigenvalue weighted by molar-refractivity contribution is 0.0409. The lowest BCUT2D eigenvalue weighted by Crippen LogP contribution is -2.35. The fourth-order valence-corrected chi connectivity index (χ4v) is 2.99. The number of ketones is 1. The number of phenolic OH excluding ortho intramolecular Hbond substituents is 1. The Morgan fingerprint density at radius 1 is 1.30 bits per heavy atom. The van der Waals surface area contributed by atoms with E-state index in [0.29, 0.717) is 28.7 Å². The maximum Gasteiger partial charge on any atom is 0.169 e. The molecule has 4 nitrogen and oxygen atoms in total. The van der Waals surface area contributed by atoms with Crippen LogP contribution >= 0.6 is 0 Å². The zero-order valence-electron chi connectivity index (χ0n) is 11.4. The number of benzene rings is 2. The summed E-state index contributed by atoms with van der Waals surface area (Å²) in [5.74, 6) is 0.255. The first-order chi connectivity index (χ1) is 9.43. The highest BCUT2D eigenvalue weighted by Gasteiger charge is 2.35. The predicted octanol–water partition coefficient (Wildman–Crippen LogP) is 2.43. The normalized spacial score (nSPS) is 21.9. The van der Waals surface area contributed by atoms with Gasteiger partial charge in [0.15, 0.2) is 5.78 Å². The summed E-state index contributed by atoms with van der Waals surface area (Å²) >= 11 is 0. The average molecular weight is 272 g/mol. The number of aromatic hydroxyl groups is 1. The van der Waals surface area contributed by atoms with Gasteiger partial charge in [0.2, 0.25) is 0 Å². The predicted molar refractivity (Wildman–Crippen MR) is 75.4 cm³/mol. The van der Waals surface area contributed by atoms with Crippen LogP contribution < -0.4 is 4.74 Å². The number of rotatable bonds is 1. The van der Waals surface area contributed by atoms with Crippen molar-refractivity contribution in [1.29, 1.82) is 0 Å². The topological polar surface area (TPSA) is 66.8 Å². The highest BCUT2D eigenvalue weighted by molar-refractivity contribution is 6.08. The Morgan fingerprint density at radius 2 is 2.05 bits per heavy atom. The lowest BCUT2D eigenvalue weighted by atomic mass is 9.79. The summed E-state index contributed by atoms with van der Waals surface area (Å²) in [5, 5.41) is 21.9. The summed E-state index contributed by atoms with van der Waals surface area (Å²) in [6.45, 7) is 1.64. The molecular formula is C16H16O4. The zero-order chi connectivity index (χ0) is 14.5. The van der Waals surface area contributed by atoms with Crippen molar-refractivity contribution in [3.63, 3.8) is 0 Å². The van der Waals surface area contributed by atoms with Gasteiger partial charge in [0.25, 0.3) is 0 Å². The summed E-state index contributed by atoms with van der Waals surface area (Å²) in [6.07, 6.45) is 0.378. The Hall–Kier alpha value is -2.07. The van der Waals surface area contributed by atoms with E-state index in [0.717, 1.165) is 5.39 Å². The summed E-state index contributed by atoms with van der Waals surface area (Å²) < 4.78 is 5.25. The van der Waals surface area contributed by atoms with Crippen molar-refractivity contribution in [2.75, 3.05) is 7.11 Å². The molecule has 0 bridgehead atoms. The fourth-order valence-electron chi connectivity index (χ4n) is 2.99. The van der Waals surface area contributed by atoms with Crippen LogP contribution in [0.3, 0.4) is 0 Å². The molecule has 2 aromatic rings. The lowest BCUT2D eigenvalue weighted by Gasteiger charge is -2.29. The molecule has 20 heavy (non-hydrogen) atoms. The third-order valence-electron chi connectivity index (χ3n) is 3.79. The van der Waals surface area contributed by atoms with Crippen molar-refractivity contribution >= 4 is 16.6 Å². The number of phenols is 1. The van der Waals surface area contributed by atoms with Crippen molar-refractivity contribution in [1.82, 2.24) is 0 Å². The minimum absolute atomic E-state index is 0.0220. The van der Waals surface area contributed by atoms with E-state index in [1.54, 1.807) is 13.0 Å². The molecule has 0 fully saturated rings. The quantitative estimate of drug-likeness (QED) is 0.836. The molecule has 0 spiro atoms. The molecule has 104 valence electrons. The van der Waals surface area contributed by atoms with Gasteiger partial charge in [0.05, 0.1) is 23.7 Å². The standard InChI is InChI=1S/C16H16O4/c1-16(19)7-10-6-9-4-3-5-12(20-2)14(9)15(18)13(10)11(17)8-16/h3-6,18-19H,7-8H2,1-2H3/t16-/m1/s1. The van der Waals surface area contributed by atoms with Crippen LogP contribution in [0, 0.1) is 0 Å². The van der Waals surface area contributed by atoms with Crippen LogP contribution in [-0.4, -0.2) is 28.7 Å². The minimum Gasteiger partial charge on any atom is -0.506 e. The first-order valence-electron chi connectivity index (χ1n) is 6.50. The number of hydrogen-bond acceptors (Lipinski definition) is 4. The number of Topliss-reactive ketones (excluding diaryl/α,β-unsaturated/α-hetero) is 1. The minimum atomic E-state index is -1.05. The highest BCUT2D eigenvalue weighted by Crippen LogP contribution is 2.42. The van der Waals surface area contributed by atoms with Gasteiger partial charge in [-0.15, -0.1) is 0 Å². The van der Waals surface area contributed by atoms with Crippen molar-refractivity contribution in [2.24, 2.45) is 0 Å². The molecule has 0 aliphatic heterocycles. The number of ether oxygens (including phenoxy) is 1.